The van der Waals surface area contributed by atoms with Gasteiger partial charge in [-0.05, 0) is 28.1 Å². The normalized spacial score (nSPS) is 10.8. The highest BCUT2D eigenvalue weighted by molar-refractivity contribution is 9.10. The van der Waals surface area contributed by atoms with E-state index in [4.69, 9.17) is 0 Å². The number of hydrogen-bond donors (Lipinski definition) is 2. The topological polar surface area (TPSA) is 70.7 Å². The number of hydrogen-bond acceptors (Lipinski definition) is 3. The number of aromatic amines is 1. The zero-order valence-electron chi connectivity index (χ0n) is 11.5. The molecule has 0 aliphatic rings. The summed E-state index contributed by atoms with van der Waals surface area (Å²) in [6.45, 7) is 4.55. The highest BCUT2D eigenvalue weighted by atomic mass is 79.9. The van der Waals surface area contributed by atoms with E-state index in [1.165, 1.54) is 0 Å². The second-order valence-electron chi connectivity index (χ2n) is 4.78. The van der Waals surface area contributed by atoms with Gasteiger partial charge in [0.25, 0.3) is 5.91 Å². The summed E-state index contributed by atoms with van der Waals surface area (Å²) in [5.41, 5.74) is 1.48. The summed E-state index contributed by atoms with van der Waals surface area (Å²) in [6, 6.07) is 3.93. The van der Waals surface area contributed by atoms with Crippen LogP contribution in [0, 0.1) is 0 Å². The first-order valence-corrected chi connectivity index (χ1v) is 7.30. The van der Waals surface area contributed by atoms with Gasteiger partial charge < -0.3 is 10.3 Å². The van der Waals surface area contributed by atoms with Crippen molar-refractivity contribution in [2.45, 2.75) is 26.2 Å². The number of carbonyl (C=O) groups is 1. The van der Waals surface area contributed by atoms with E-state index in [1.54, 1.807) is 6.20 Å². The molecule has 0 unspecified atom stereocenters. The Morgan fingerprint density at radius 1 is 1.50 bits per heavy atom. The molecular formula is C14H17BrN4O. The lowest BCUT2D eigenvalue weighted by atomic mass is 10.2. The predicted molar refractivity (Wildman–Crippen MR) is 80.7 cm³/mol. The van der Waals surface area contributed by atoms with E-state index >= 15 is 0 Å². The van der Waals surface area contributed by atoms with Crippen LogP contribution in [0.3, 0.4) is 0 Å². The third kappa shape index (κ3) is 3.66. The Kier molecular flexibility index (Phi) is 4.89. The molecule has 0 aliphatic carbocycles. The van der Waals surface area contributed by atoms with Crippen molar-refractivity contribution in [3.8, 4) is 0 Å². The van der Waals surface area contributed by atoms with Gasteiger partial charge in [0.05, 0.1) is 4.47 Å². The zero-order valence-corrected chi connectivity index (χ0v) is 13.1. The number of nitrogens with zero attached hydrogens (tertiary/aromatic N) is 2. The molecule has 2 N–H and O–H groups in total. The Balaban J connectivity index is 1.99. The number of carbonyl (C=O) groups excluding carboxylic acids is 1. The lowest BCUT2D eigenvalue weighted by molar-refractivity contribution is 0.0947. The predicted octanol–water partition coefficient (Wildman–Crippen LogP) is 2.66. The SMILES string of the molecule is CC(C)c1ncc(Br)c(C(=O)NCCc2ccc[nH]2)n1. The van der Waals surface area contributed by atoms with Crippen LogP contribution in [0.4, 0.5) is 0 Å². The molecular weight excluding hydrogens is 320 g/mol. The van der Waals surface area contributed by atoms with Crippen LogP contribution in [0.2, 0.25) is 0 Å². The molecule has 5 nitrogen and oxygen atoms in total. The van der Waals surface area contributed by atoms with Crippen molar-refractivity contribution >= 4 is 21.8 Å². The van der Waals surface area contributed by atoms with Crippen LogP contribution in [0.15, 0.2) is 29.0 Å². The van der Waals surface area contributed by atoms with Crippen molar-refractivity contribution < 1.29 is 4.79 Å². The van der Waals surface area contributed by atoms with Crippen molar-refractivity contribution in [2.75, 3.05) is 6.54 Å². The summed E-state index contributed by atoms with van der Waals surface area (Å²) in [5, 5.41) is 2.86. The van der Waals surface area contributed by atoms with Crippen LogP contribution in [0.1, 0.15) is 41.8 Å². The molecule has 106 valence electrons. The first-order valence-electron chi connectivity index (χ1n) is 6.51. The molecule has 2 rings (SSSR count). The fraction of sp³-hybridized carbons (Fsp3) is 0.357. The van der Waals surface area contributed by atoms with E-state index in [-0.39, 0.29) is 11.8 Å². The van der Waals surface area contributed by atoms with Crippen LogP contribution in [0.5, 0.6) is 0 Å². The Morgan fingerprint density at radius 3 is 2.95 bits per heavy atom. The average Bonchev–Trinajstić information content (AvgIpc) is 2.92. The fourth-order valence-electron chi connectivity index (χ4n) is 1.74. The summed E-state index contributed by atoms with van der Waals surface area (Å²) in [5.74, 6) is 0.670. The van der Waals surface area contributed by atoms with Gasteiger partial charge in [-0.15, -0.1) is 0 Å². The molecule has 0 bridgehead atoms. The number of halogens is 1. The average molecular weight is 337 g/mol. The molecule has 6 heteroatoms. The number of H-pyrrole nitrogens is 1. The van der Waals surface area contributed by atoms with Gasteiger partial charge in [0.1, 0.15) is 11.5 Å². The Labute approximate surface area is 126 Å². The molecule has 2 heterocycles. The minimum absolute atomic E-state index is 0.187. The third-order valence-electron chi connectivity index (χ3n) is 2.84. The van der Waals surface area contributed by atoms with Crippen LogP contribution >= 0.6 is 15.9 Å². The van der Waals surface area contributed by atoms with E-state index in [0.717, 1.165) is 12.1 Å². The van der Waals surface area contributed by atoms with Crippen LogP contribution in [0.25, 0.3) is 0 Å². The summed E-state index contributed by atoms with van der Waals surface area (Å²) in [7, 11) is 0. The van der Waals surface area contributed by atoms with E-state index in [2.05, 4.69) is 36.2 Å². The zero-order chi connectivity index (χ0) is 14.5. The van der Waals surface area contributed by atoms with Gasteiger partial charge in [0.2, 0.25) is 0 Å². The maximum atomic E-state index is 12.1. The molecule has 20 heavy (non-hydrogen) atoms. The van der Waals surface area contributed by atoms with E-state index < -0.39 is 0 Å². The van der Waals surface area contributed by atoms with Gasteiger partial charge in [-0.3, -0.25) is 4.79 Å². The second kappa shape index (κ2) is 6.65. The monoisotopic (exact) mass is 336 g/mol. The molecule has 0 spiro atoms. The molecule has 0 radical (unpaired) electrons. The maximum Gasteiger partial charge on any atom is 0.271 e. The van der Waals surface area contributed by atoms with Crippen LogP contribution in [-0.4, -0.2) is 27.4 Å². The molecule has 0 atom stereocenters. The Bertz CT molecular complexity index is 581. The molecule has 2 aromatic rings. The summed E-state index contributed by atoms with van der Waals surface area (Å²) in [6.07, 6.45) is 4.26. The summed E-state index contributed by atoms with van der Waals surface area (Å²) < 4.78 is 0.610. The van der Waals surface area contributed by atoms with Gasteiger partial charge in [-0.25, -0.2) is 9.97 Å². The van der Waals surface area contributed by atoms with Crippen molar-refractivity contribution in [3.05, 3.63) is 46.2 Å². The van der Waals surface area contributed by atoms with E-state index in [9.17, 15) is 4.79 Å². The van der Waals surface area contributed by atoms with Crippen molar-refractivity contribution in [2.24, 2.45) is 0 Å². The summed E-state index contributed by atoms with van der Waals surface area (Å²) in [4.78, 5) is 23.7. The first kappa shape index (κ1) is 14.7. The Hall–Kier alpha value is -1.69. The minimum Gasteiger partial charge on any atom is -0.365 e. The van der Waals surface area contributed by atoms with Crippen LogP contribution in [-0.2, 0) is 6.42 Å². The molecule has 0 saturated heterocycles. The van der Waals surface area contributed by atoms with Crippen molar-refractivity contribution in [1.29, 1.82) is 0 Å². The summed E-state index contributed by atoms with van der Waals surface area (Å²) >= 11 is 3.32. The van der Waals surface area contributed by atoms with E-state index in [0.29, 0.717) is 22.5 Å². The van der Waals surface area contributed by atoms with Gasteiger partial charge in [0.15, 0.2) is 0 Å². The standard InChI is InChI=1S/C14H17BrN4O/c1-9(2)13-18-8-11(15)12(19-13)14(20)17-7-5-10-4-3-6-16-10/h3-4,6,8-9,16H,5,7H2,1-2H3,(H,17,20). The Morgan fingerprint density at radius 2 is 2.30 bits per heavy atom. The van der Waals surface area contributed by atoms with Gasteiger partial charge in [-0.1, -0.05) is 13.8 Å². The molecule has 1 amide bonds. The lowest BCUT2D eigenvalue weighted by Crippen LogP contribution is -2.27. The van der Waals surface area contributed by atoms with Gasteiger partial charge >= 0.3 is 0 Å². The molecule has 0 fully saturated rings. The minimum atomic E-state index is -0.187. The van der Waals surface area contributed by atoms with Crippen molar-refractivity contribution in [1.82, 2.24) is 20.3 Å². The highest BCUT2D eigenvalue weighted by Crippen LogP contribution is 2.16. The smallest absolute Gasteiger partial charge is 0.271 e. The maximum absolute atomic E-state index is 12.1. The number of aromatic nitrogens is 3. The van der Waals surface area contributed by atoms with Gasteiger partial charge in [-0.2, -0.15) is 0 Å². The molecule has 0 aliphatic heterocycles. The van der Waals surface area contributed by atoms with Crippen molar-refractivity contribution in [3.63, 3.8) is 0 Å². The van der Waals surface area contributed by atoms with E-state index in [1.807, 2.05) is 32.2 Å². The molecule has 0 aromatic carbocycles. The number of nitrogens with one attached hydrogen (secondary N) is 2. The molecule has 2 aromatic heterocycles. The number of amides is 1. The third-order valence-corrected chi connectivity index (χ3v) is 3.42. The largest absolute Gasteiger partial charge is 0.365 e. The molecule has 0 saturated carbocycles. The fourth-order valence-corrected chi connectivity index (χ4v) is 2.11. The quantitative estimate of drug-likeness (QED) is 0.881. The number of rotatable bonds is 5. The lowest BCUT2D eigenvalue weighted by Gasteiger charge is -2.08. The second-order valence-corrected chi connectivity index (χ2v) is 5.64. The highest BCUT2D eigenvalue weighted by Gasteiger charge is 2.14. The van der Waals surface area contributed by atoms with Gasteiger partial charge in [0, 0.05) is 37.0 Å². The first-order chi connectivity index (χ1) is 9.58. The van der Waals surface area contributed by atoms with Crippen LogP contribution < -0.4 is 5.32 Å².